The van der Waals surface area contributed by atoms with Crippen LogP contribution >= 0.6 is 0 Å². The number of ether oxygens (including phenoxy) is 1. The number of hydrogen-bond donors (Lipinski definition) is 1. The average Bonchev–Trinajstić information content (AvgIpc) is 2.89. The topological polar surface area (TPSA) is 79.0 Å². The van der Waals surface area contributed by atoms with E-state index < -0.39 is 10.0 Å². The van der Waals surface area contributed by atoms with Crippen LogP contribution in [0.1, 0.15) is 38.2 Å². The molecule has 8 heteroatoms. The number of benzene rings is 3. The molecule has 0 saturated carbocycles. The Morgan fingerprint density at radius 3 is 2.14 bits per heavy atom. The minimum Gasteiger partial charge on any atom is -0.379 e. The van der Waals surface area contributed by atoms with E-state index in [1.54, 1.807) is 24.3 Å². The summed E-state index contributed by atoms with van der Waals surface area (Å²) in [6, 6.07) is 21.0. The molecule has 1 N–H and O–H groups in total. The van der Waals surface area contributed by atoms with E-state index >= 15 is 0 Å². The Kier molecular flexibility index (Phi) is 8.63. The van der Waals surface area contributed by atoms with Crippen LogP contribution in [-0.4, -0.2) is 51.8 Å². The Morgan fingerprint density at radius 1 is 0.892 bits per heavy atom. The van der Waals surface area contributed by atoms with Gasteiger partial charge in [0, 0.05) is 31.7 Å². The van der Waals surface area contributed by atoms with Gasteiger partial charge in [-0.15, -0.1) is 0 Å². The van der Waals surface area contributed by atoms with Crippen LogP contribution in [-0.2, 0) is 34.4 Å². The molecule has 0 aromatic heterocycles. The van der Waals surface area contributed by atoms with Gasteiger partial charge in [-0.05, 0) is 65.9 Å². The number of carbonyl (C=O) groups is 1. The number of rotatable bonds is 9. The summed E-state index contributed by atoms with van der Waals surface area (Å²) in [6.45, 7) is 8.97. The number of hydrogen-bond acceptors (Lipinski definition) is 5. The van der Waals surface area contributed by atoms with Crippen LogP contribution in [0.4, 0.5) is 5.69 Å². The number of nitrogens with zero attached hydrogens (tertiary/aromatic N) is 2. The quantitative estimate of drug-likeness (QED) is 0.460. The van der Waals surface area contributed by atoms with Gasteiger partial charge < -0.3 is 10.1 Å². The van der Waals surface area contributed by atoms with Crippen molar-refractivity contribution in [2.75, 3.05) is 36.9 Å². The van der Waals surface area contributed by atoms with Crippen molar-refractivity contribution >= 4 is 21.6 Å². The number of morpholine rings is 1. The minimum atomic E-state index is -3.48. The highest BCUT2D eigenvalue weighted by Crippen LogP contribution is 2.23. The summed E-state index contributed by atoms with van der Waals surface area (Å²) >= 11 is 0. The van der Waals surface area contributed by atoms with Crippen LogP contribution in [0.25, 0.3) is 0 Å². The molecular weight excluding hydrogens is 486 g/mol. The first-order valence-electron chi connectivity index (χ1n) is 12.5. The van der Waals surface area contributed by atoms with E-state index in [1.807, 2.05) is 44.2 Å². The highest BCUT2D eigenvalue weighted by molar-refractivity contribution is 7.92. The number of aryl methyl sites for hydroxylation is 2. The maximum Gasteiger partial charge on any atom is 0.251 e. The zero-order chi connectivity index (χ0) is 26.4. The van der Waals surface area contributed by atoms with Crippen LogP contribution in [0.15, 0.2) is 66.7 Å². The van der Waals surface area contributed by atoms with Crippen LogP contribution in [0.3, 0.4) is 0 Å². The summed E-state index contributed by atoms with van der Waals surface area (Å²) in [6.07, 6.45) is 1.21. The third-order valence-electron chi connectivity index (χ3n) is 6.71. The van der Waals surface area contributed by atoms with E-state index in [0.29, 0.717) is 17.8 Å². The lowest BCUT2D eigenvalue weighted by atomic mass is 10.1. The van der Waals surface area contributed by atoms with Crippen molar-refractivity contribution in [1.29, 1.82) is 0 Å². The van der Waals surface area contributed by atoms with Gasteiger partial charge in [0.25, 0.3) is 5.91 Å². The zero-order valence-corrected chi connectivity index (χ0v) is 22.6. The molecule has 1 aliphatic rings. The largest absolute Gasteiger partial charge is 0.379 e. The van der Waals surface area contributed by atoms with E-state index in [1.165, 1.54) is 16.1 Å². The lowest BCUT2D eigenvalue weighted by Crippen LogP contribution is -2.35. The predicted octanol–water partition coefficient (Wildman–Crippen LogP) is 4.03. The molecule has 0 aliphatic carbocycles. The van der Waals surface area contributed by atoms with Crippen molar-refractivity contribution < 1.29 is 17.9 Å². The molecule has 0 radical (unpaired) electrons. The second-order valence-corrected chi connectivity index (χ2v) is 11.5. The van der Waals surface area contributed by atoms with Gasteiger partial charge in [-0.1, -0.05) is 42.5 Å². The Morgan fingerprint density at radius 2 is 1.51 bits per heavy atom. The molecule has 1 saturated heterocycles. The summed E-state index contributed by atoms with van der Waals surface area (Å²) in [4.78, 5) is 15.1. The molecule has 4 rings (SSSR count). The Labute approximate surface area is 220 Å². The number of carbonyl (C=O) groups excluding carboxylic acids is 1. The smallest absolute Gasteiger partial charge is 0.251 e. The van der Waals surface area contributed by atoms with Crippen molar-refractivity contribution in [1.82, 2.24) is 10.2 Å². The van der Waals surface area contributed by atoms with Crippen molar-refractivity contribution in [3.63, 3.8) is 0 Å². The monoisotopic (exact) mass is 521 g/mol. The van der Waals surface area contributed by atoms with Crippen LogP contribution in [0.5, 0.6) is 0 Å². The molecule has 0 bridgehead atoms. The highest BCUT2D eigenvalue weighted by atomic mass is 32.2. The lowest BCUT2D eigenvalue weighted by molar-refractivity contribution is 0.0342. The third kappa shape index (κ3) is 7.41. The molecule has 1 amide bonds. The SMILES string of the molecule is Cc1ccc(N(Cc2ccc(C(=O)NCc3ccc(CN4CCOCC4)cc3)cc2)S(C)(=O)=O)cc1C. The fourth-order valence-electron chi connectivity index (χ4n) is 4.27. The number of amides is 1. The molecule has 1 heterocycles. The van der Waals surface area contributed by atoms with Crippen molar-refractivity contribution in [2.24, 2.45) is 0 Å². The molecule has 1 fully saturated rings. The molecule has 196 valence electrons. The standard InChI is InChI=1S/C29H35N3O4S/c1-22-4-13-28(18-23(22)2)32(37(3,34)35)21-26-9-11-27(12-10-26)29(33)30-19-24-5-7-25(8-6-24)20-31-14-16-36-17-15-31/h4-13,18H,14-17,19-21H2,1-3H3,(H,30,33). The fraction of sp³-hybridized carbons (Fsp3) is 0.345. The van der Waals surface area contributed by atoms with Crippen LogP contribution in [0, 0.1) is 13.8 Å². The molecule has 0 unspecified atom stereocenters. The molecule has 1 aliphatic heterocycles. The maximum absolute atomic E-state index is 12.7. The van der Waals surface area contributed by atoms with Gasteiger partial charge in [-0.2, -0.15) is 0 Å². The van der Waals surface area contributed by atoms with Crippen molar-refractivity contribution in [3.8, 4) is 0 Å². The molecule has 7 nitrogen and oxygen atoms in total. The predicted molar refractivity (Wildman–Crippen MR) is 147 cm³/mol. The number of nitrogens with one attached hydrogen (secondary N) is 1. The summed E-state index contributed by atoms with van der Waals surface area (Å²) in [5, 5.41) is 2.97. The third-order valence-corrected chi connectivity index (χ3v) is 7.85. The van der Waals surface area contributed by atoms with Gasteiger partial charge >= 0.3 is 0 Å². The Balaban J connectivity index is 1.34. The summed E-state index contributed by atoms with van der Waals surface area (Å²) in [5.41, 5.74) is 6.38. The lowest BCUT2D eigenvalue weighted by Gasteiger charge is -2.26. The van der Waals surface area contributed by atoms with E-state index in [-0.39, 0.29) is 12.5 Å². The second-order valence-electron chi connectivity index (χ2n) is 9.62. The molecule has 3 aromatic rings. The summed E-state index contributed by atoms with van der Waals surface area (Å²) < 4.78 is 31.8. The van der Waals surface area contributed by atoms with Gasteiger partial charge in [-0.25, -0.2) is 8.42 Å². The van der Waals surface area contributed by atoms with E-state index in [4.69, 9.17) is 4.74 Å². The van der Waals surface area contributed by atoms with E-state index in [9.17, 15) is 13.2 Å². The zero-order valence-electron chi connectivity index (χ0n) is 21.7. The Bertz CT molecular complexity index is 1320. The van der Waals surface area contributed by atoms with Crippen molar-refractivity contribution in [2.45, 2.75) is 33.5 Å². The maximum atomic E-state index is 12.7. The first kappa shape index (κ1) is 26.9. The first-order valence-corrected chi connectivity index (χ1v) is 14.3. The van der Waals surface area contributed by atoms with Gasteiger partial charge in [-0.3, -0.25) is 14.0 Å². The molecular formula is C29H35N3O4S. The van der Waals surface area contributed by atoms with E-state index in [0.717, 1.165) is 55.1 Å². The van der Waals surface area contributed by atoms with Crippen LogP contribution in [0.2, 0.25) is 0 Å². The fourth-order valence-corrected chi connectivity index (χ4v) is 5.15. The van der Waals surface area contributed by atoms with Gasteiger partial charge in [0.15, 0.2) is 0 Å². The average molecular weight is 522 g/mol. The molecule has 0 atom stereocenters. The molecule has 3 aromatic carbocycles. The number of anilines is 1. The van der Waals surface area contributed by atoms with Gasteiger partial charge in [0.1, 0.15) is 0 Å². The second kappa shape index (κ2) is 11.9. The summed E-state index contributed by atoms with van der Waals surface area (Å²) in [7, 11) is -3.48. The van der Waals surface area contributed by atoms with Crippen molar-refractivity contribution in [3.05, 3.63) is 100 Å². The van der Waals surface area contributed by atoms with Gasteiger partial charge in [0.2, 0.25) is 10.0 Å². The molecule has 37 heavy (non-hydrogen) atoms. The van der Waals surface area contributed by atoms with Gasteiger partial charge in [0.05, 0.1) is 31.7 Å². The molecule has 0 spiro atoms. The van der Waals surface area contributed by atoms with E-state index in [2.05, 4.69) is 22.3 Å². The Hall–Kier alpha value is -3.20. The van der Waals surface area contributed by atoms with Crippen LogP contribution < -0.4 is 9.62 Å². The normalized spacial score (nSPS) is 14.4. The first-order chi connectivity index (χ1) is 17.7. The number of sulfonamides is 1. The summed E-state index contributed by atoms with van der Waals surface area (Å²) in [5.74, 6) is -0.168. The minimum absolute atomic E-state index is 0.168. The highest BCUT2D eigenvalue weighted by Gasteiger charge is 2.19.